The first-order valence-electron chi connectivity index (χ1n) is 10.7. The van der Waals surface area contributed by atoms with E-state index >= 15 is 0 Å². The molecule has 0 fully saturated rings. The second-order valence-electron chi connectivity index (χ2n) is 8.36. The number of carbonyl (C=O) groups excluding carboxylic acids is 2. The number of nitrogens with one attached hydrogen (secondary N) is 1. The Kier molecular flexibility index (Phi) is 6.01. The summed E-state index contributed by atoms with van der Waals surface area (Å²) in [4.78, 5) is 28.1. The number of amides is 2. The highest BCUT2D eigenvalue weighted by Gasteiger charge is 2.40. The van der Waals surface area contributed by atoms with Crippen LogP contribution in [0.2, 0.25) is 0 Å². The SMILES string of the molecule is Cc1cc(C)cc(NC2=C(c3ccc(F)cc3)C(=O)N(c3ccc(OC(C)C)cc3)C2=O)c1. The van der Waals surface area contributed by atoms with Crippen molar-refractivity contribution in [2.24, 2.45) is 0 Å². The Morgan fingerprint density at radius 1 is 0.848 bits per heavy atom. The zero-order valence-electron chi connectivity index (χ0n) is 19.0. The third kappa shape index (κ3) is 4.65. The van der Waals surface area contributed by atoms with E-state index in [2.05, 4.69) is 5.32 Å². The maximum atomic E-state index is 13.5. The van der Waals surface area contributed by atoms with Gasteiger partial charge in [-0.3, -0.25) is 9.59 Å². The summed E-state index contributed by atoms with van der Waals surface area (Å²) in [5, 5.41) is 3.15. The lowest BCUT2D eigenvalue weighted by Crippen LogP contribution is -2.32. The van der Waals surface area contributed by atoms with E-state index in [4.69, 9.17) is 4.74 Å². The van der Waals surface area contributed by atoms with Crippen LogP contribution in [-0.2, 0) is 9.59 Å². The molecule has 0 saturated carbocycles. The second-order valence-corrected chi connectivity index (χ2v) is 8.36. The molecule has 1 aliphatic rings. The van der Waals surface area contributed by atoms with E-state index in [1.807, 2.05) is 45.9 Å². The summed E-state index contributed by atoms with van der Waals surface area (Å²) >= 11 is 0. The van der Waals surface area contributed by atoms with Crippen LogP contribution < -0.4 is 15.0 Å². The minimum absolute atomic E-state index is 0.00577. The molecule has 5 nitrogen and oxygen atoms in total. The van der Waals surface area contributed by atoms with Crippen LogP contribution in [0, 0.1) is 19.7 Å². The first-order chi connectivity index (χ1) is 15.7. The van der Waals surface area contributed by atoms with Crippen molar-refractivity contribution in [1.29, 1.82) is 0 Å². The van der Waals surface area contributed by atoms with Crippen LogP contribution in [-0.4, -0.2) is 17.9 Å². The number of hydrogen-bond acceptors (Lipinski definition) is 4. The van der Waals surface area contributed by atoms with Crippen molar-refractivity contribution in [1.82, 2.24) is 0 Å². The fourth-order valence-electron chi connectivity index (χ4n) is 3.90. The maximum absolute atomic E-state index is 13.5. The van der Waals surface area contributed by atoms with Gasteiger partial charge in [-0.1, -0.05) is 18.2 Å². The van der Waals surface area contributed by atoms with Crippen molar-refractivity contribution in [3.63, 3.8) is 0 Å². The molecule has 33 heavy (non-hydrogen) atoms. The van der Waals surface area contributed by atoms with Gasteiger partial charge in [0.25, 0.3) is 11.8 Å². The molecule has 0 saturated heterocycles. The van der Waals surface area contributed by atoms with E-state index in [-0.39, 0.29) is 17.4 Å². The van der Waals surface area contributed by atoms with Crippen LogP contribution in [0.5, 0.6) is 5.75 Å². The van der Waals surface area contributed by atoms with Gasteiger partial charge in [0.05, 0.1) is 17.4 Å². The average Bonchev–Trinajstić information content (AvgIpc) is 2.98. The monoisotopic (exact) mass is 444 g/mol. The van der Waals surface area contributed by atoms with Crippen LogP contribution in [0.3, 0.4) is 0 Å². The summed E-state index contributed by atoms with van der Waals surface area (Å²) in [6, 6.07) is 18.2. The van der Waals surface area contributed by atoms with Crippen LogP contribution in [0.1, 0.15) is 30.5 Å². The van der Waals surface area contributed by atoms with Gasteiger partial charge in [0.1, 0.15) is 17.3 Å². The van der Waals surface area contributed by atoms with Gasteiger partial charge in [0.15, 0.2) is 0 Å². The molecule has 1 aliphatic heterocycles. The molecular formula is C27H25FN2O3. The molecule has 1 N–H and O–H groups in total. The third-order valence-corrected chi connectivity index (χ3v) is 5.17. The lowest BCUT2D eigenvalue weighted by atomic mass is 10.0. The number of hydrogen-bond donors (Lipinski definition) is 1. The molecule has 1 heterocycles. The largest absolute Gasteiger partial charge is 0.491 e. The Bertz CT molecular complexity index is 1230. The highest BCUT2D eigenvalue weighted by atomic mass is 19.1. The zero-order valence-corrected chi connectivity index (χ0v) is 19.0. The maximum Gasteiger partial charge on any atom is 0.282 e. The summed E-state index contributed by atoms with van der Waals surface area (Å²) in [5.74, 6) is -0.724. The minimum atomic E-state index is -0.476. The van der Waals surface area contributed by atoms with Crippen LogP contribution >= 0.6 is 0 Å². The highest BCUT2D eigenvalue weighted by Crippen LogP contribution is 2.34. The molecule has 168 valence electrons. The van der Waals surface area contributed by atoms with Gasteiger partial charge in [0.2, 0.25) is 0 Å². The summed E-state index contributed by atoms with van der Waals surface area (Å²) in [6.07, 6.45) is 0.00577. The summed E-state index contributed by atoms with van der Waals surface area (Å²) in [7, 11) is 0. The number of aryl methyl sites for hydroxylation is 2. The predicted molar refractivity (Wildman–Crippen MR) is 128 cm³/mol. The van der Waals surface area contributed by atoms with Crippen molar-refractivity contribution in [3.8, 4) is 5.75 Å². The second kappa shape index (κ2) is 8.90. The van der Waals surface area contributed by atoms with Crippen LogP contribution in [0.15, 0.2) is 72.4 Å². The fraction of sp³-hybridized carbons (Fsp3) is 0.185. The van der Waals surface area contributed by atoms with Crippen molar-refractivity contribution >= 4 is 28.8 Å². The molecule has 0 spiro atoms. The van der Waals surface area contributed by atoms with E-state index in [1.165, 1.54) is 24.3 Å². The summed E-state index contributed by atoms with van der Waals surface area (Å²) in [6.45, 7) is 7.76. The smallest absolute Gasteiger partial charge is 0.282 e. The minimum Gasteiger partial charge on any atom is -0.491 e. The third-order valence-electron chi connectivity index (χ3n) is 5.17. The average molecular weight is 445 g/mol. The number of rotatable bonds is 6. The molecule has 6 heteroatoms. The molecule has 0 bridgehead atoms. The summed E-state index contributed by atoms with van der Waals surface area (Å²) in [5.41, 5.74) is 3.99. The van der Waals surface area contributed by atoms with Crippen molar-refractivity contribution in [2.75, 3.05) is 10.2 Å². The highest BCUT2D eigenvalue weighted by molar-refractivity contribution is 6.46. The number of imide groups is 1. The lowest BCUT2D eigenvalue weighted by molar-refractivity contribution is -0.120. The van der Waals surface area contributed by atoms with Gasteiger partial charge >= 0.3 is 0 Å². The zero-order chi connectivity index (χ0) is 23.7. The van der Waals surface area contributed by atoms with Gasteiger partial charge in [-0.25, -0.2) is 9.29 Å². The normalized spacial score (nSPS) is 13.8. The predicted octanol–water partition coefficient (Wildman–Crippen LogP) is 5.63. The number of benzene rings is 3. The molecule has 0 aromatic heterocycles. The van der Waals surface area contributed by atoms with Gasteiger partial charge < -0.3 is 10.1 Å². The molecule has 2 amide bonds. The molecule has 4 rings (SSSR count). The van der Waals surface area contributed by atoms with Gasteiger partial charge in [-0.15, -0.1) is 0 Å². The van der Waals surface area contributed by atoms with Crippen LogP contribution in [0.25, 0.3) is 5.57 Å². The number of anilines is 2. The summed E-state index contributed by atoms with van der Waals surface area (Å²) < 4.78 is 19.2. The van der Waals surface area contributed by atoms with Crippen molar-refractivity contribution in [3.05, 3.63) is 94.9 Å². The van der Waals surface area contributed by atoms with E-state index < -0.39 is 17.6 Å². The lowest BCUT2D eigenvalue weighted by Gasteiger charge is -2.17. The number of carbonyl (C=O) groups is 2. The molecule has 0 atom stereocenters. The van der Waals surface area contributed by atoms with Gasteiger partial charge in [0, 0.05) is 5.69 Å². The number of nitrogens with zero attached hydrogens (tertiary/aromatic N) is 1. The number of halogens is 1. The fourth-order valence-corrected chi connectivity index (χ4v) is 3.90. The van der Waals surface area contributed by atoms with E-state index in [1.54, 1.807) is 24.3 Å². The van der Waals surface area contributed by atoms with E-state index in [0.29, 0.717) is 22.7 Å². The molecule has 3 aromatic carbocycles. The first-order valence-corrected chi connectivity index (χ1v) is 10.7. The Morgan fingerprint density at radius 2 is 1.45 bits per heavy atom. The first kappa shape index (κ1) is 22.3. The van der Waals surface area contributed by atoms with E-state index in [9.17, 15) is 14.0 Å². The van der Waals surface area contributed by atoms with Crippen molar-refractivity contribution < 1.29 is 18.7 Å². The van der Waals surface area contributed by atoms with Gasteiger partial charge in [-0.05, 0) is 92.9 Å². The standard InChI is InChI=1S/C27H25FN2O3/c1-16(2)33-23-11-9-22(10-12-23)30-26(31)24(19-5-7-20(28)8-6-19)25(27(30)32)29-21-14-17(3)13-18(4)15-21/h5-16,29H,1-4H3. The molecule has 0 unspecified atom stereocenters. The Morgan fingerprint density at radius 3 is 2.03 bits per heavy atom. The molecule has 0 radical (unpaired) electrons. The molecular weight excluding hydrogens is 419 g/mol. The van der Waals surface area contributed by atoms with Gasteiger partial charge in [-0.2, -0.15) is 0 Å². The molecule has 3 aromatic rings. The topological polar surface area (TPSA) is 58.6 Å². The van der Waals surface area contributed by atoms with Crippen LogP contribution in [0.4, 0.5) is 15.8 Å². The quantitative estimate of drug-likeness (QED) is 0.501. The Labute approximate surface area is 192 Å². The Hall–Kier alpha value is -3.93. The Balaban J connectivity index is 1.76. The molecule has 0 aliphatic carbocycles. The number of ether oxygens (including phenoxy) is 1. The van der Waals surface area contributed by atoms with E-state index in [0.717, 1.165) is 16.0 Å². The van der Waals surface area contributed by atoms with Crippen molar-refractivity contribution in [2.45, 2.75) is 33.8 Å².